The minimum absolute atomic E-state index is 0.0155. The van der Waals surface area contributed by atoms with Gasteiger partial charge >= 0.3 is 0 Å². The summed E-state index contributed by atoms with van der Waals surface area (Å²) >= 11 is 6.16. The molecule has 0 bridgehead atoms. The van der Waals surface area contributed by atoms with Crippen molar-refractivity contribution >= 4 is 11.6 Å². The van der Waals surface area contributed by atoms with E-state index in [0.29, 0.717) is 6.61 Å². The zero-order chi connectivity index (χ0) is 21.1. The van der Waals surface area contributed by atoms with Crippen molar-refractivity contribution in [2.45, 2.75) is 46.4 Å². The van der Waals surface area contributed by atoms with Gasteiger partial charge in [-0.25, -0.2) is 0 Å². The lowest BCUT2D eigenvalue weighted by Gasteiger charge is -2.32. The first kappa shape index (κ1) is 21.0. The van der Waals surface area contributed by atoms with Gasteiger partial charge in [0.2, 0.25) is 0 Å². The summed E-state index contributed by atoms with van der Waals surface area (Å²) < 4.78 is 8.13. The molecule has 0 saturated carbocycles. The highest BCUT2D eigenvalue weighted by Gasteiger charge is 2.24. The summed E-state index contributed by atoms with van der Waals surface area (Å²) in [5.74, 6) is 0. The van der Waals surface area contributed by atoms with Crippen LogP contribution < -0.4 is 0 Å². The summed E-state index contributed by atoms with van der Waals surface area (Å²) in [5, 5.41) is 5.35. The zero-order valence-corrected chi connectivity index (χ0v) is 18.7. The Balaban J connectivity index is 1.48. The van der Waals surface area contributed by atoms with E-state index in [9.17, 15) is 0 Å². The monoisotopic (exact) mass is 424 g/mol. The molecule has 158 valence electrons. The number of aromatic nitrogens is 3. The van der Waals surface area contributed by atoms with E-state index in [0.717, 1.165) is 54.7 Å². The third kappa shape index (κ3) is 5.09. The average molecular weight is 425 g/mol. The molecule has 0 spiro atoms. The Morgan fingerprint density at radius 1 is 1.17 bits per heavy atom. The van der Waals surface area contributed by atoms with Gasteiger partial charge in [0.05, 0.1) is 18.0 Å². The molecule has 1 atom stereocenters. The van der Waals surface area contributed by atoms with E-state index >= 15 is 0 Å². The Bertz CT molecular complexity index is 1020. The van der Waals surface area contributed by atoms with Gasteiger partial charge in [0.1, 0.15) is 6.10 Å². The van der Waals surface area contributed by atoms with Crippen molar-refractivity contribution in [2.75, 3.05) is 19.7 Å². The van der Waals surface area contributed by atoms with Gasteiger partial charge in [-0.3, -0.25) is 14.6 Å². The van der Waals surface area contributed by atoms with Crippen LogP contribution in [0, 0.1) is 13.8 Å². The second kappa shape index (κ2) is 9.29. The lowest BCUT2D eigenvalue weighted by atomic mass is 10.0. The molecule has 30 heavy (non-hydrogen) atoms. The van der Waals surface area contributed by atoms with E-state index in [4.69, 9.17) is 21.3 Å². The van der Waals surface area contributed by atoms with Crippen LogP contribution in [0.15, 0.2) is 42.6 Å². The molecule has 0 N–H and O–H groups in total. The fourth-order valence-corrected chi connectivity index (χ4v) is 4.27. The van der Waals surface area contributed by atoms with Crippen LogP contribution in [-0.2, 0) is 24.2 Å². The van der Waals surface area contributed by atoms with E-state index in [-0.39, 0.29) is 6.10 Å². The van der Waals surface area contributed by atoms with Gasteiger partial charge in [-0.15, -0.1) is 0 Å². The second-order valence-corrected chi connectivity index (χ2v) is 8.47. The molecule has 4 rings (SSSR count). The normalized spacial score (nSPS) is 17.4. The second-order valence-electron chi connectivity index (χ2n) is 8.04. The Morgan fingerprint density at radius 3 is 2.80 bits per heavy atom. The van der Waals surface area contributed by atoms with Gasteiger partial charge < -0.3 is 4.74 Å². The lowest BCUT2D eigenvalue weighted by molar-refractivity contribution is -0.0351. The molecule has 0 amide bonds. The molecule has 5 nitrogen and oxygen atoms in total. The zero-order valence-electron chi connectivity index (χ0n) is 17.9. The topological polar surface area (TPSA) is 43.2 Å². The number of morpholine rings is 1. The molecular formula is C24H29ClN4O. The molecule has 1 aliphatic rings. The molecule has 0 aliphatic carbocycles. The van der Waals surface area contributed by atoms with Crippen LogP contribution >= 0.6 is 11.6 Å². The fourth-order valence-electron chi connectivity index (χ4n) is 4.06. The van der Waals surface area contributed by atoms with Crippen LogP contribution in [0.2, 0.25) is 5.02 Å². The van der Waals surface area contributed by atoms with E-state index < -0.39 is 0 Å². The predicted octanol–water partition coefficient (Wildman–Crippen LogP) is 4.73. The fraction of sp³-hybridized carbons (Fsp3) is 0.417. The summed E-state index contributed by atoms with van der Waals surface area (Å²) in [7, 11) is 0. The SMILES string of the molecule is CCn1cc(CN2CCO[C@H](c3cc(Cc4cccc(Cl)c4)cc(C)n3)C2)c(C)n1. The van der Waals surface area contributed by atoms with Crippen LogP contribution in [0.4, 0.5) is 0 Å². The number of benzene rings is 1. The predicted molar refractivity (Wildman–Crippen MR) is 120 cm³/mol. The van der Waals surface area contributed by atoms with Gasteiger partial charge in [-0.05, 0) is 62.6 Å². The number of pyridine rings is 1. The van der Waals surface area contributed by atoms with E-state index in [1.54, 1.807) is 0 Å². The van der Waals surface area contributed by atoms with Gasteiger partial charge in [0.15, 0.2) is 0 Å². The molecule has 3 heterocycles. The number of aryl methyl sites for hydroxylation is 3. The van der Waals surface area contributed by atoms with Crippen molar-refractivity contribution in [3.8, 4) is 0 Å². The molecule has 3 aromatic rings. The lowest BCUT2D eigenvalue weighted by Crippen LogP contribution is -2.38. The highest BCUT2D eigenvalue weighted by Crippen LogP contribution is 2.25. The molecule has 6 heteroatoms. The largest absolute Gasteiger partial charge is 0.369 e. The molecule has 0 radical (unpaired) electrons. The van der Waals surface area contributed by atoms with Gasteiger partial charge in [0.25, 0.3) is 0 Å². The van der Waals surface area contributed by atoms with Gasteiger partial charge in [-0.2, -0.15) is 5.10 Å². The molecular weight excluding hydrogens is 396 g/mol. The maximum atomic E-state index is 6.16. The first-order chi connectivity index (χ1) is 14.5. The first-order valence-electron chi connectivity index (χ1n) is 10.6. The summed E-state index contributed by atoms with van der Waals surface area (Å²) in [4.78, 5) is 7.24. The molecule has 2 aromatic heterocycles. The molecule has 0 unspecified atom stereocenters. The standard InChI is InChI=1S/C24H29ClN4O/c1-4-29-15-21(18(3)27-29)14-28-8-9-30-24(16-28)23-13-20(10-17(2)26-23)11-19-6-5-7-22(25)12-19/h5-7,10,12-13,15,24H,4,8-9,11,14,16H2,1-3H3/t24-/m0/s1. The number of ether oxygens (including phenoxy) is 1. The summed E-state index contributed by atoms with van der Waals surface area (Å²) in [6.45, 7) is 10.5. The first-order valence-corrected chi connectivity index (χ1v) is 11.0. The Morgan fingerprint density at radius 2 is 2.03 bits per heavy atom. The maximum absolute atomic E-state index is 6.16. The minimum Gasteiger partial charge on any atom is -0.369 e. The van der Waals surface area contributed by atoms with E-state index in [1.165, 1.54) is 16.7 Å². The molecule has 1 aliphatic heterocycles. The third-order valence-corrected chi connectivity index (χ3v) is 5.81. The van der Waals surface area contributed by atoms with Crippen molar-refractivity contribution in [3.63, 3.8) is 0 Å². The van der Waals surface area contributed by atoms with Gasteiger partial charge in [-0.1, -0.05) is 23.7 Å². The molecule has 1 fully saturated rings. The number of nitrogens with zero attached hydrogens (tertiary/aromatic N) is 4. The van der Waals surface area contributed by atoms with Gasteiger partial charge in [0, 0.05) is 48.7 Å². The van der Waals surface area contributed by atoms with Crippen LogP contribution in [0.25, 0.3) is 0 Å². The van der Waals surface area contributed by atoms with Crippen LogP contribution in [0.3, 0.4) is 0 Å². The van der Waals surface area contributed by atoms with E-state index in [2.05, 4.69) is 48.2 Å². The molecule has 1 saturated heterocycles. The highest BCUT2D eigenvalue weighted by molar-refractivity contribution is 6.30. The average Bonchev–Trinajstić information content (AvgIpc) is 3.07. The highest BCUT2D eigenvalue weighted by atomic mass is 35.5. The molecule has 1 aromatic carbocycles. The van der Waals surface area contributed by atoms with Crippen molar-refractivity contribution in [2.24, 2.45) is 0 Å². The number of rotatable bonds is 6. The smallest absolute Gasteiger partial charge is 0.112 e. The van der Waals surface area contributed by atoms with Crippen molar-refractivity contribution < 1.29 is 4.74 Å². The van der Waals surface area contributed by atoms with Crippen LogP contribution in [0.5, 0.6) is 0 Å². The van der Waals surface area contributed by atoms with Crippen LogP contribution in [-0.4, -0.2) is 39.4 Å². The Kier molecular flexibility index (Phi) is 6.52. The number of hydrogen-bond acceptors (Lipinski definition) is 4. The summed E-state index contributed by atoms with van der Waals surface area (Å²) in [5.41, 5.74) is 6.87. The Hall–Kier alpha value is -2.21. The minimum atomic E-state index is -0.0155. The Labute approximate surface area is 183 Å². The maximum Gasteiger partial charge on any atom is 0.112 e. The summed E-state index contributed by atoms with van der Waals surface area (Å²) in [6, 6.07) is 12.4. The number of halogens is 1. The quantitative estimate of drug-likeness (QED) is 0.573. The van der Waals surface area contributed by atoms with Crippen molar-refractivity contribution in [1.29, 1.82) is 0 Å². The summed E-state index contributed by atoms with van der Waals surface area (Å²) in [6.07, 6.45) is 2.98. The third-order valence-electron chi connectivity index (χ3n) is 5.58. The van der Waals surface area contributed by atoms with E-state index in [1.807, 2.05) is 29.8 Å². The van der Waals surface area contributed by atoms with Crippen LogP contribution in [0.1, 0.15) is 46.8 Å². The van der Waals surface area contributed by atoms with Crippen molar-refractivity contribution in [1.82, 2.24) is 19.7 Å². The van der Waals surface area contributed by atoms with Crippen molar-refractivity contribution in [3.05, 3.63) is 81.4 Å². The number of hydrogen-bond donors (Lipinski definition) is 0.